The number of alkyl halides is 2. The summed E-state index contributed by atoms with van der Waals surface area (Å²) in [5.74, 6) is -1.01. The molecule has 1 atom stereocenters. The van der Waals surface area contributed by atoms with Gasteiger partial charge in [-0.3, -0.25) is 14.4 Å². The Kier molecular flexibility index (Phi) is 6.82. The van der Waals surface area contributed by atoms with Gasteiger partial charge in [0, 0.05) is 24.2 Å². The number of Topliss-reactive ketones (excluding diaryl/α,β-unsaturated/α-hetero) is 1. The van der Waals surface area contributed by atoms with Gasteiger partial charge >= 0.3 is 6.61 Å². The molecule has 2 aromatic heterocycles. The zero-order valence-corrected chi connectivity index (χ0v) is 20.3. The topological polar surface area (TPSA) is 115 Å². The Labute approximate surface area is 215 Å². The van der Waals surface area contributed by atoms with Crippen LogP contribution in [0.4, 0.5) is 8.78 Å². The molecule has 1 aliphatic rings. The van der Waals surface area contributed by atoms with Crippen LogP contribution < -0.4 is 15.4 Å². The number of nitrogens with zero attached hydrogens (tertiary/aromatic N) is 3. The minimum atomic E-state index is -2.95. The first-order chi connectivity index (χ1) is 18.3. The molecule has 0 spiro atoms. The van der Waals surface area contributed by atoms with Crippen molar-refractivity contribution in [3.05, 3.63) is 94.4 Å². The van der Waals surface area contributed by atoms with Crippen molar-refractivity contribution in [3.8, 4) is 5.75 Å². The van der Waals surface area contributed by atoms with Crippen LogP contribution in [0.3, 0.4) is 0 Å². The van der Waals surface area contributed by atoms with E-state index in [1.165, 1.54) is 35.8 Å². The molecule has 2 heterocycles. The van der Waals surface area contributed by atoms with Gasteiger partial charge in [0.25, 0.3) is 11.8 Å². The van der Waals surface area contributed by atoms with E-state index >= 15 is 0 Å². The van der Waals surface area contributed by atoms with Crippen molar-refractivity contribution in [1.29, 1.82) is 0 Å². The predicted molar refractivity (Wildman–Crippen MR) is 132 cm³/mol. The third-order valence-corrected chi connectivity index (χ3v) is 6.33. The molecular weight excluding hydrogens is 496 g/mol. The number of fused-ring (bicyclic) bond motifs is 2. The van der Waals surface area contributed by atoms with Crippen molar-refractivity contribution in [1.82, 2.24) is 25.2 Å². The number of nitrogens with one attached hydrogen (secondary N) is 2. The maximum Gasteiger partial charge on any atom is 0.387 e. The fraction of sp³-hybridized carbons (Fsp3) is 0.222. The molecule has 0 saturated heterocycles. The molecule has 4 aromatic rings. The van der Waals surface area contributed by atoms with Crippen molar-refractivity contribution in [2.75, 3.05) is 0 Å². The molecular formula is C27H23F2N5O4. The van der Waals surface area contributed by atoms with Crippen molar-refractivity contribution in [2.45, 2.75) is 39.0 Å². The molecule has 9 nitrogen and oxygen atoms in total. The molecule has 0 radical (unpaired) electrons. The molecule has 0 aliphatic heterocycles. The van der Waals surface area contributed by atoms with E-state index in [1.807, 2.05) is 12.1 Å². The number of aryl methyl sites for hydroxylation is 1. The second-order valence-corrected chi connectivity index (χ2v) is 8.87. The van der Waals surface area contributed by atoms with Crippen molar-refractivity contribution in [2.24, 2.45) is 0 Å². The first-order valence-electron chi connectivity index (χ1n) is 11.9. The number of carbonyl (C=O) groups excluding carboxylic acids is 3. The Hall–Kier alpha value is -4.67. The van der Waals surface area contributed by atoms with Crippen LogP contribution in [0.25, 0.3) is 5.65 Å². The number of rotatable bonds is 8. The van der Waals surface area contributed by atoms with Crippen LogP contribution in [-0.4, -0.2) is 38.8 Å². The van der Waals surface area contributed by atoms with Crippen LogP contribution in [0.1, 0.15) is 67.4 Å². The highest BCUT2D eigenvalue weighted by Gasteiger charge is 2.26. The van der Waals surface area contributed by atoms with Gasteiger partial charge in [-0.2, -0.15) is 13.9 Å². The van der Waals surface area contributed by atoms with Gasteiger partial charge < -0.3 is 15.4 Å². The predicted octanol–water partition coefficient (Wildman–Crippen LogP) is 3.88. The van der Waals surface area contributed by atoms with Crippen LogP contribution in [0, 0.1) is 0 Å². The van der Waals surface area contributed by atoms with E-state index in [4.69, 9.17) is 0 Å². The van der Waals surface area contributed by atoms with Crippen molar-refractivity contribution >= 4 is 23.2 Å². The number of ketones is 1. The molecule has 0 saturated carbocycles. The average molecular weight is 520 g/mol. The van der Waals surface area contributed by atoms with Gasteiger partial charge in [0.15, 0.2) is 11.4 Å². The van der Waals surface area contributed by atoms with Gasteiger partial charge in [-0.05, 0) is 54.7 Å². The van der Waals surface area contributed by atoms with Gasteiger partial charge in [0.2, 0.25) is 0 Å². The Bertz CT molecular complexity index is 1550. The number of carbonyl (C=O) groups is 3. The largest absolute Gasteiger partial charge is 0.435 e. The molecule has 0 unspecified atom stereocenters. The third kappa shape index (κ3) is 5.22. The van der Waals surface area contributed by atoms with E-state index in [9.17, 15) is 23.2 Å². The third-order valence-electron chi connectivity index (χ3n) is 6.33. The minimum absolute atomic E-state index is 0.000979. The number of hydrogen-bond donors (Lipinski definition) is 2. The molecule has 2 aromatic carbocycles. The molecule has 2 amide bonds. The fourth-order valence-electron chi connectivity index (χ4n) is 4.51. The number of aromatic nitrogens is 3. The van der Waals surface area contributed by atoms with Crippen LogP contribution in [0.15, 0.2) is 60.8 Å². The quantitative estimate of drug-likeness (QED) is 0.342. The minimum Gasteiger partial charge on any atom is -0.435 e. The smallest absolute Gasteiger partial charge is 0.387 e. The summed E-state index contributed by atoms with van der Waals surface area (Å²) in [5, 5.41) is 9.86. The van der Waals surface area contributed by atoms with Crippen molar-refractivity contribution < 1.29 is 27.9 Å². The van der Waals surface area contributed by atoms with Gasteiger partial charge in [-0.1, -0.05) is 24.3 Å². The molecule has 194 valence electrons. The zero-order valence-electron chi connectivity index (χ0n) is 20.3. The number of hydrogen-bond acceptors (Lipinski definition) is 6. The summed E-state index contributed by atoms with van der Waals surface area (Å²) in [7, 11) is 0. The van der Waals surface area contributed by atoms with Crippen LogP contribution >= 0.6 is 0 Å². The van der Waals surface area contributed by atoms with Gasteiger partial charge in [0.1, 0.15) is 17.1 Å². The molecule has 2 N–H and O–H groups in total. The molecule has 38 heavy (non-hydrogen) atoms. The summed E-state index contributed by atoms with van der Waals surface area (Å²) in [5.41, 5.74) is 3.59. The monoisotopic (exact) mass is 519 g/mol. The highest BCUT2D eigenvalue weighted by atomic mass is 19.3. The van der Waals surface area contributed by atoms with E-state index in [1.54, 1.807) is 24.3 Å². The lowest BCUT2D eigenvalue weighted by Crippen LogP contribution is -2.30. The Morgan fingerprint density at radius 1 is 1.11 bits per heavy atom. The molecule has 5 rings (SSSR count). The molecule has 0 bridgehead atoms. The lowest BCUT2D eigenvalue weighted by molar-refractivity contribution is -0.0499. The SMILES string of the molecule is CC(=O)c1ccc2c(c1)CC[C@@H]2NC(=O)c1cc(C(=O)NCc2cccc(OC(F)F)c2)nc2ccnn12. The van der Waals surface area contributed by atoms with Gasteiger partial charge in [-0.15, -0.1) is 0 Å². The van der Waals surface area contributed by atoms with E-state index in [0.717, 1.165) is 17.5 Å². The van der Waals surface area contributed by atoms with Gasteiger partial charge in [0.05, 0.1) is 12.2 Å². The molecule has 11 heteroatoms. The summed E-state index contributed by atoms with van der Waals surface area (Å²) < 4.78 is 30.7. The van der Waals surface area contributed by atoms with Crippen LogP contribution in [-0.2, 0) is 13.0 Å². The van der Waals surface area contributed by atoms with E-state index in [-0.39, 0.29) is 35.5 Å². The lowest BCUT2D eigenvalue weighted by atomic mass is 10.0. The summed E-state index contributed by atoms with van der Waals surface area (Å²) in [6, 6.07) is 14.1. The van der Waals surface area contributed by atoms with Crippen molar-refractivity contribution in [3.63, 3.8) is 0 Å². The number of benzene rings is 2. The summed E-state index contributed by atoms with van der Waals surface area (Å²) in [6.07, 6.45) is 2.88. The second-order valence-electron chi connectivity index (χ2n) is 8.87. The van der Waals surface area contributed by atoms with E-state index < -0.39 is 18.4 Å². The Balaban J connectivity index is 1.33. The highest BCUT2D eigenvalue weighted by Crippen LogP contribution is 2.32. The summed E-state index contributed by atoms with van der Waals surface area (Å²) in [4.78, 5) is 42.2. The fourth-order valence-corrected chi connectivity index (χ4v) is 4.51. The van der Waals surface area contributed by atoms with Crippen LogP contribution in [0.2, 0.25) is 0 Å². The van der Waals surface area contributed by atoms with E-state index in [2.05, 4.69) is 25.5 Å². The Morgan fingerprint density at radius 2 is 1.95 bits per heavy atom. The maximum atomic E-state index is 13.3. The Morgan fingerprint density at radius 3 is 2.74 bits per heavy atom. The zero-order chi connectivity index (χ0) is 26.8. The number of halogens is 2. The normalized spacial score (nSPS) is 14.4. The summed E-state index contributed by atoms with van der Waals surface area (Å²) >= 11 is 0. The first kappa shape index (κ1) is 25.0. The molecule has 1 aliphatic carbocycles. The number of ether oxygens (including phenoxy) is 1. The number of amides is 2. The standard InChI is InChI=1S/C27H23F2N5O4/c1-15(35)17-5-7-20-18(12-17)6-8-21(20)33-26(37)23-13-22(32-24-9-10-31-34(23)24)25(36)30-14-16-3-2-4-19(11-16)38-27(28)29/h2-5,7,9-13,21,27H,6,8,14H2,1H3,(H,30,36)(H,33,37)/t21-/m0/s1. The average Bonchev–Trinajstić information content (AvgIpc) is 3.53. The van der Waals surface area contributed by atoms with Gasteiger partial charge in [-0.25, -0.2) is 9.50 Å². The lowest BCUT2D eigenvalue weighted by Gasteiger charge is -2.15. The first-order valence-corrected chi connectivity index (χ1v) is 11.9. The summed E-state index contributed by atoms with van der Waals surface area (Å²) in [6.45, 7) is -1.40. The van der Waals surface area contributed by atoms with E-state index in [0.29, 0.717) is 23.2 Å². The van der Waals surface area contributed by atoms with Crippen LogP contribution in [0.5, 0.6) is 5.75 Å². The molecule has 0 fully saturated rings. The second kappa shape index (κ2) is 10.4. The maximum absolute atomic E-state index is 13.3. The highest BCUT2D eigenvalue weighted by molar-refractivity contribution is 5.98.